The molecule has 0 bridgehead atoms. The highest BCUT2D eigenvalue weighted by Gasteiger charge is 2.06. The lowest BCUT2D eigenvalue weighted by atomic mass is 10.2. The lowest BCUT2D eigenvalue weighted by Gasteiger charge is -2.14. The fourth-order valence-electron chi connectivity index (χ4n) is 2.28. The summed E-state index contributed by atoms with van der Waals surface area (Å²) < 4.78 is 10.9. The quantitative estimate of drug-likeness (QED) is 0.606. The van der Waals surface area contributed by atoms with Crippen molar-refractivity contribution < 1.29 is 9.47 Å². The Hall–Kier alpha value is -2.69. The topological polar surface area (TPSA) is 54.9 Å². The number of hydrogen-bond donors (Lipinski definition) is 2. The van der Waals surface area contributed by atoms with Gasteiger partial charge in [0, 0.05) is 20.1 Å². The van der Waals surface area contributed by atoms with Gasteiger partial charge in [0.1, 0.15) is 0 Å². The van der Waals surface area contributed by atoms with Crippen LogP contribution in [0.25, 0.3) is 0 Å². The van der Waals surface area contributed by atoms with Crippen LogP contribution in [0.1, 0.15) is 18.1 Å². The Morgan fingerprint density at radius 2 is 1.67 bits per heavy atom. The van der Waals surface area contributed by atoms with Crippen LogP contribution in [0.5, 0.6) is 11.5 Å². The molecule has 2 N–H and O–H groups in total. The molecule has 0 atom stereocenters. The van der Waals surface area contributed by atoms with Crippen molar-refractivity contribution in [3.8, 4) is 11.5 Å². The molecule has 0 fully saturated rings. The number of guanidine groups is 1. The molecule has 2 rings (SSSR count). The van der Waals surface area contributed by atoms with Crippen LogP contribution in [-0.2, 0) is 13.1 Å². The third kappa shape index (κ3) is 5.19. The van der Waals surface area contributed by atoms with Crippen molar-refractivity contribution >= 4 is 5.96 Å². The standard InChI is InChI=1S/C19H25N3O2/c1-4-24-17-11-10-16(12-18(17)23-3)14-22-19(20-2)21-13-15-8-6-5-7-9-15/h5-12H,4,13-14H2,1-3H3,(H2,20,21,22). The Morgan fingerprint density at radius 1 is 0.958 bits per heavy atom. The number of nitrogens with one attached hydrogen (secondary N) is 2. The molecule has 0 spiro atoms. The van der Waals surface area contributed by atoms with E-state index in [2.05, 4.69) is 27.8 Å². The van der Waals surface area contributed by atoms with Crippen LogP contribution >= 0.6 is 0 Å². The van der Waals surface area contributed by atoms with Crippen LogP contribution in [0.15, 0.2) is 53.5 Å². The summed E-state index contributed by atoms with van der Waals surface area (Å²) in [4.78, 5) is 4.25. The van der Waals surface area contributed by atoms with Crippen molar-refractivity contribution in [1.82, 2.24) is 10.6 Å². The van der Waals surface area contributed by atoms with Crippen molar-refractivity contribution in [2.45, 2.75) is 20.0 Å². The minimum absolute atomic E-state index is 0.615. The van der Waals surface area contributed by atoms with Crippen molar-refractivity contribution in [2.24, 2.45) is 4.99 Å². The minimum Gasteiger partial charge on any atom is -0.493 e. The van der Waals surface area contributed by atoms with E-state index in [1.54, 1.807) is 14.2 Å². The molecule has 0 amide bonds. The molecule has 0 aliphatic heterocycles. The predicted molar refractivity (Wildman–Crippen MR) is 97.6 cm³/mol. The fraction of sp³-hybridized carbons (Fsp3) is 0.316. The predicted octanol–water partition coefficient (Wildman–Crippen LogP) is 2.96. The Balaban J connectivity index is 1.91. The zero-order valence-electron chi connectivity index (χ0n) is 14.5. The molecule has 5 heteroatoms. The van der Waals surface area contributed by atoms with E-state index in [0.29, 0.717) is 13.2 Å². The summed E-state index contributed by atoms with van der Waals surface area (Å²) in [6.07, 6.45) is 0. The monoisotopic (exact) mass is 327 g/mol. The minimum atomic E-state index is 0.615. The van der Waals surface area contributed by atoms with Crippen LogP contribution in [0.3, 0.4) is 0 Å². The van der Waals surface area contributed by atoms with Crippen molar-refractivity contribution in [3.05, 3.63) is 59.7 Å². The zero-order chi connectivity index (χ0) is 17.2. The number of nitrogens with zero attached hydrogens (tertiary/aromatic N) is 1. The van der Waals surface area contributed by atoms with Crippen molar-refractivity contribution in [1.29, 1.82) is 0 Å². The largest absolute Gasteiger partial charge is 0.493 e. The number of ether oxygens (including phenoxy) is 2. The van der Waals surface area contributed by atoms with E-state index < -0.39 is 0 Å². The van der Waals surface area contributed by atoms with Gasteiger partial charge in [0.15, 0.2) is 17.5 Å². The Labute approximate surface area is 143 Å². The maximum atomic E-state index is 5.54. The van der Waals surface area contributed by atoms with Gasteiger partial charge in [0.25, 0.3) is 0 Å². The Bertz CT molecular complexity index is 657. The number of hydrogen-bond acceptors (Lipinski definition) is 3. The van der Waals surface area contributed by atoms with E-state index in [-0.39, 0.29) is 0 Å². The van der Waals surface area contributed by atoms with Gasteiger partial charge in [0.2, 0.25) is 0 Å². The molecular formula is C19H25N3O2. The van der Waals surface area contributed by atoms with E-state index in [4.69, 9.17) is 9.47 Å². The molecule has 0 aliphatic carbocycles. The molecule has 0 heterocycles. The number of rotatable bonds is 7. The number of aliphatic imine (C=N–C) groups is 1. The average Bonchev–Trinajstić information content (AvgIpc) is 2.64. The van der Waals surface area contributed by atoms with E-state index in [9.17, 15) is 0 Å². The second-order valence-electron chi connectivity index (χ2n) is 5.18. The molecular weight excluding hydrogens is 302 g/mol. The van der Waals surface area contributed by atoms with Gasteiger partial charge in [-0.1, -0.05) is 36.4 Å². The van der Waals surface area contributed by atoms with Crippen LogP contribution in [-0.4, -0.2) is 26.7 Å². The molecule has 0 aromatic heterocycles. The highest BCUT2D eigenvalue weighted by molar-refractivity contribution is 5.79. The summed E-state index contributed by atoms with van der Waals surface area (Å²) in [7, 11) is 3.41. The molecule has 0 radical (unpaired) electrons. The molecule has 24 heavy (non-hydrogen) atoms. The molecule has 2 aromatic carbocycles. The first-order valence-electron chi connectivity index (χ1n) is 8.05. The first-order chi connectivity index (χ1) is 11.8. The second-order valence-corrected chi connectivity index (χ2v) is 5.18. The summed E-state index contributed by atoms with van der Waals surface area (Å²) in [5.41, 5.74) is 2.31. The van der Waals surface area contributed by atoms with Crippen molar-refractivity contribution in [3.63, 3.8) is 0 Å². The lowest BCUT2D eigenvalue weighted by molar-refractivity contribution is 0.310. The summed E-state index contributed by atoms with van der Waals surface area (Å²) in [5, 5.41) is 6.60. The van der Waals surface area contributed by atoms with Gasteiger partial charge in [-0.05, 0) is 30.2 Å². The van der Waals surface area contributed by atoms with Crippen LogP contribution < -0.4 is 20.1 Å². The van der Waals surface area contributed by atoms with E-state index >= 15 is 0 Å². The molecule has 0 saturated carbocycles. The third-order valence-electron chi connectivity index (χ3n) is 3.51. The molecule has 0 unspecified atom stereocenters. The zero-order valence-corrected chi connectivity index (χ0v) is 14.5. The molecule has 2 aromatic rings. The highest BCUT2D eigenvalue weighted by Crippen LogP contribution is 2.27. The first kappa shape index (κ1) is 17.7. The first-order valence-corrected chi connectivity index (χ1v) is 8.05. The second kappa shape index (κ2) is 9.45. The highest BCUT2D eigenvalue weighted by atomic mass is 16.5. The SMILES string of the molecule is CCOc1ccc(CNC(=NC)NCc2ccccc2)cc1OC. The summed E-state index contributed by atoms with van der Waals surface area (Å²) >= 11 is 0. The van der Waals surface area contributed by atoms with Gasteiger partial charge in [-0.15, -0.1) is 0 Å². The van der Waals surface area contributed by atoms with Crippen LogP contribution in [0.4, 0.5) is 0 Å². The molecule has 128 valence electrons. The Morgan fingerprint density at radius 3 is 2.29 bits per heavy atom. The summed E-state index contributed by atoms with van der Waals surface area (Å²) in [5.74, 6) is 2.26. The Kier molecular flexibility index (Phi) is 6.95. The van der Waals surface area contributed by atoms with Gasteiger partial charge in [-0.2, -0.15) is 0 Å². The lowest BCUT2D eigenvalue weighted by Crippen LogP contribution is -2.36. The van der Waals surface area contributed by atoms with Crippen LogP contribution in [0, 0.1) is 0 Å². The van der Waals surface area contributed by atoms with Crippen molar-refractivity contribution in [2.75, 3.05) is 20.8 Å². The number of methoxy groups -OCH3 is 1. The van der Waals surface area contributed by atoms with E-state index in [0.717, 1.165) is 29.6 Å². The third-order valence-corrected chi connectivity index (χ3v) is 3.51. The van der Waals surface area contributed by atoms with Gasteiger partial charge in [-0.3, -0.25) is 4.99 Å². The normalized spacial score (nSPS) is 11.0. The fourth-order valence-corrected chi connectivity index (χ4v) is 2.28. The molecule has 5 nitrogen and oxygen atoms in total. The average molecular weight is 327 g/mol. The maximum absolute atomic E-state index is 5.54. The summed E-state index contributed by atoms with van der Waals surface area (Å²) in [6.45, 7) is 3.95. The number of benzene rings is 2. The van der Waals surface area contributed by atoms with E-state index in [1.165, 1.54) is 5.56 Å². The van der Waals surface area contributed by atoms with Crippen LogP contribution in [0.2, 0.25) is 0 Å². The molecule has 0 aliphatic rings. The van der Waals surface area contributed by atoms with Gasteiger partial charge < -0.3 is 20.1 Å². The maximum Gasteiger partial charge on any atom is 0.191 e. The van der Waals surface area contributed by atoms with Gasteiger partial charge in [-0.25, -0.2) is 0 Å². The van der Waals surface area contributed by atoms with Gasteiger partial charge in [0.05, 0.1) is 13.7 Å². The molecule has 0 saturated heterocycles. The summed E-state index contributed by atoms with van der Waals surface area (Å²) in [6, 6.07) is 16.1. The van der Waals surface area contributed by atoms with Gasteiger partial charge >= 0.3 is 0 Å². The smallest absolute Gasteiger partial charge is 0.191 e. The van der Waals surface area contributed by atoms with E-state index in [1.807, 2.05) is 43.3 Å².